The summed E-state index contributed by atoms with van der Waals surface area (Å²) >= 11 is 0. The Balaban J connectivity index is 2.45. The normalized spacial score (nSPS) is 12.3. The van der Waals surface area contributed by atoms with Crippen LogP contribution in [0.2, 0.25) is 0 Å². The van der Waals surface area contributed by atoms with E-state index in [4.69, 9.17) is 0 Å². The van der Waals surface area contributed by atoms with Crippen molar-refractivity contribution >= 4 is 5.97 Å². The van der Waals surface area contributed by atoms with Crippen LogP contribution in [0.4, 0.5) is 0 Å². The molecule has 0 radical (unpaired) electrons. The van der Waals surface area contributed by atoms with Gasteiger partial charge in [0, 0.05) is 6.54 Å². The highest BCUT2D eigenvalue weighted by Crippen LogP contribution is 2.23. The fraction of sp³-hybridized carbons (Fsp3) is 0.333. The average Bonchev–Trinajstić information content (AvgIpc) is 2.85. The summed E-state index contributed by atoms with van der Waals surface area (Å²) in [6.45, 7) is 2.58. The third-order valence-electron chi connectivity index (χ3n) is 3.23. The number of carboxylic acid groups (broad SMARTS) is 1. The smallest absolute Gasteiger partial charge is 0.354 e. The topological polar surface area (TPSA) is 67.2 Å². The molecule has 1 aromatic carbocycles. The highest BCUT2D eigenvalue weighted by atomic mass is 16.4. The molecule has 0 fully saturated rings. The van der Waals surface area contributed by atoms with E-state index in [1.807, 2.05) is 44.3 Å². The lowest BCUT2D eigenvalue weighted by Crippen LogP contribution is -2.17. The second-order valence-electron chi connectivity index (χ2n) is 4.64. The predicted octanol–water partition coefficient (Wildman–Crippen LogP) is 2.30. The molecule has 1 aromatic heterocycles. The number of aromatic carboxylic acids is 1. The van der Waals surface area contributed by atoms with Crippen molar-refractivity contribution in [2.45, 2.75) is 25.9 Å². The summed E-state index contributed by atoms with van der Waals surface area (Å²) in [5.74, 6) is -0.950. The van der Waals surface area contributed by atoms with Crippen molar-refractivity contribution < 1.29 is 9.90 Å². The molecule has 0 saturated carbocycles. The van der Waals surface area contributed by atoms with Crippen molar-refractivity contribution in [2.24, 2.45) is 0 Å². The van der Waals surface area contributed by atoms with Crippen LogP contribution < -0.4 is 5.32 Å². The summed E-state index contributed by atoms with van der Waals surface area (Å²) in [6, 6.07) is 11.4. The van der Waals surface area contributed by atoms with Gasteiger partial charge in [-0.25, -0.2) is 4.79 Å². The third-order valence-corrected chi connectivity index (χ3v) is 3.23. The van der Waals surface area contributed by atoms with Gasteiger partial charge < -0.3 is 10.4 Å². The second-order valence-corrected chi connectivity index (χ2v) is 4.64. The van der Waals surface area contributed by atoms with Crippen LogP contribution in [-0.4, -0.2) is 27.9 Å². The van der Waals surface area contributed by atoms with Gasteiger partial charge in [-0.05, 0) is 25.1 Å². The first kappa shape index (κ1) is 14.3. The Hall–Kier alpha value is -2.14. The number of aromatic nitrogens is 2. The highest BCUT2D eigenvalue weighted by molar-refractivity contribution is 5.85. The first-order chi connectivity index (χ1) is 9.67. The number of benzene rings is 1. The Morgan fingerprint density at radius 2 is 2.10 bits per heavy atom. The van der Waals surface area contributed by atoms with Gasteiger partial charge in [0.05, 0.1) is 11.7 Å². The van der Waals surface area contributed by atoms with E-state index >= 15 is 0 Å². The van der Waals surface area contributed by atoms with Crippen LogP contribution in [0.5, 0.6) is 0 Å². The number of hydrogen-bond donors (Lipinski definition) is 2. The Morgan fingerprint density at radius 3 is 2.65 bits per heavy atom. The van der Waals surface area contributed by atoms with Crippen LogP contribution in [0.15, 0.2) is 36.4 Å². The first-order valence-corrected chi connectivity index (χ1v) is 6.68. The molecule has 0 amide bonds. The standard InChI is InChI=1S/C15H19N3O2/c1-3-13(11-7-5-4-6-8-11)18-14(15(19)20)9-12(17-18)10-16-2/h4-9,13,16H,3,10H2,1-2H3,(H,19,20). The van der Waals surface area contributed by atoms with Crippen molar-refractivity contribution in [3.63, 3.8) is 0 Å². The number of hydrogen-bond acceptors (Lipinski definition) is 3. The van der Waals surface area contributed by atoms with Crippen molar-refractivity contribution in [1.82, 2.24) is 15.1 Å². The van der Waals surface area contributed by atoms with Gasteiger partial charge in [-0.15, -0.1) is 0 Å². The van der Waals surface area contributed by atoms with Gasteiger partial charge in [0.2, 0.25) is 0 Å². The van der Waals surface area contributed by atoms with Gasteiger partial charge in [-0.2, -0.15) is 5.10 Å². The average molecular weight is 273 g/mol. The molecule has 2 rings (SSSR count). The maximum atomic E-state index is 11.4. The number of carboxylic acids is 1. The van der Waals surface area contributed by atoms with Crippen LogP contribution in [-0.2, 0) is 6.54 Å². The molecule has 1 heterocycles. The minimum Gasteiger partial charge on any atom is -0.477 e. The number of carbonyl (C=O) groups is 1. The molecule has 20 heavy (non-hydrogen) atoms. The van der Waals surface area contributed by atoms with Gasteiger partial charge >= 0.3 is 5.97 Å². The van der Waals surface area contributed by atoms with Gasteiger partial charge in [-0.1, -0.05) is 37.3 Å². The molecule has 0 bridgehead atoms. The zero-order chi connectivity index (χ0) is 14.5. The zero-order valence-electron chi connectivity index (χ0n) is 11.7. The number of nitrogens with one attached hydrogen (secondary N) is 1. The van der Waals surface area contributed by atoms with E-state index in [0.29, 0.717) is 6.54 Å². The summed E-state index contributed by atoms with van der Waals surface area (Å²) in [4.78, 5) is 11.4. The lowest BCUT2D eigenvalue weighted by Gasteiger charge is -2.17. The van der Waals surface area contributed by atoms with Gasteiger partial charge in [0.1, 0.15) is 5.69 Å². The summed E-state index contributed by atoms with van der Waals surface area (Å²) in [6.07, 6.45) is 0.783. The van der Waals surface area contributed by atoms with Gasteiger partial charge in [0.15, 0.2) is 0 Å². The largest absolute Gasteiger partial charge is 0.477 e. The molecular formula is C15H19N3O2. The molecule has 0 saturated heterocycles. The third kappa shape index (κ3) is 2.88. The molecule has 1 atom stereocenters. The molecular weight excluding hydrogens is 254 g/mol. The van der Waals surface area contributed by atoms with E-state index in [1.54, 1.807) is 10.7 Å². The predicted molar refractivity (Wildman–Crippen MR) is 76.8 cm³/mol. The molecule has 0 aliphatic heterocycles. The van der Waals surface area contributed by atoms with Crippen LogP contribution in [0.3, 0.4) is 0 Å². The van der Waals surface area contributed by atoms with E-state index in [2.05, 4.69) is 10.4 Å². The second kappa shape index (κ2) is 6.34. The van der Waals surface area contributed by atoms with Crippen molar-refractivity contribution in [3.8, 4) is 0 Å². The maximum Gasteiger partial charge on any atom is 0.354 e. The molecule has 5 nitrogen and oxygen atoms in total. The quantitative estimate of drug-likeness (QED) is 0.847. The molecule has 0 spiro atoms. The molecule has 0 aliphatic rings. The van der Waals surface area contributed by atoms with Crippen molar-refractivity contribution in [2.75, 3.05) is 7.05 Å². The lowest BCUT2D eigenvalue weighted by atomic mass is 10.0. The van der Waals surface area contributed by atoms with Crippen LogP contribution in [0, 0.1) is 0 Å². The minimum atomic E-state index is -0.950. The lowest BCUT2D eigenvalue weighted by molar-refractivity contribution is 0.0681. The molecule has 5 heteroatoms. The fourth-order valence-corrected chi connectivity index (χ4v) is 2.33. The van der Waals surface area contributed by atoms with E-state index < -0.39 is 5.97 Å². The molecule has 0 aliphatic carbocycles. The van der Waals surface area contributed by atoms with E-state index in [9.17, 15) is 9.90 Å². The van der Waals surface area contributed by atoms with Crippen molar-refractivity contribution in [3.05, 3.63) is 53.3 Å². The van der Waals surface area contributed by atoms with Crippen LogP contribution >= 0.6 is 0 Å². The summed E-state index contributed by atoms with van der Waals surface area (Å²) in [5.41, 5.74) is 2.03. The highest BCUT2D eigenvalue weighted by Gasteiger charge is 2.21. The van der Waals surface area contributed by atoms with Gasteiger partial charge in [0.25, 0.3) is 0 Å². The minimum absolute atomic E-state index is 0.0621. The van der Waals surface area contributed by atoms with Crippen LogP contribution in [0.25, 0.3) is 0 Å². The molecule has 106 valence electrons. The van der Waals surface area contributed by atoms with E-state index in [0.717, 1.165) is 17.7 Å². The fourth-order valence-electron chi connectivity index (χ4n) is 2.33. The molecule has 2 aromatic rings. The first-order valence-electron chi connectivity index (χ1n) is 6.68. The van der Waals surface area contributed by atoms with Crippen LogP contribution in [0.1, 0.15) is 41.1 Å². The Morgan fingerprint density at radius 1 is 1.40 bits per heavy atom. The van der Waals surface area contributed by atoms with E-state index in [-0.39, 0.29) is 11.7 Å². The van der Waals surface area contributed by atoms with Gasteiger partial charge in [-0.3, -0.25) is 4.68 Å². The number of nitrogens with zero attached hydrogens (tertiary/aromatic N) is 2. The summed E-state index contributed by atoms with van der Waals surface area (Å²) < 4.78 is 1.62. The monoisotopic (exact) mass is 273 g/mol. The summed E-state index contributed by atoms with van der Waals surface area (Å²) in [7, 11) is 1.81. The number of rotatable bonds is 6. The van der Waals surface area contributed by atoms with Crippen molar-refractivity contribution in [1.29, 1.82) is 0 Å². The SMILES string of the molecule is CCC(c1ccccc1)n1nc(CNC)cc1C(=O)O. The Bertz CT molecular complexity index is 578. The molecule has 1 unspecified atom stereocenters. The zero-order valence-corrected chi connectivity index (χ0v) is 11.7. The Kier molecular flexibility index (Phi) is 4.53. The summed E-state index contributed by atoms with van der Waals surface area (Å²) in [5, 5.41) is 16.8. The van der Waals surface area contributed by atoms with E-state index in [1.165, 1.54) is 0 Å². The Labute approximate surface area is 118 Å². The maximum absolute atomic E-state index is 11.4. The molecule has 2 N–H and O–H groups in total.